The number of aliphatic hydroxyl groups is 4. The molecular formula is C71H108N10O21. The van der Waals surface area contributed by atoms with Gasteiger partial charge in [-0.15, -0.1) is 0 Å². The minimum Gasteiger partial charge on any atom is -0.479 e. The lowest BCUT2D eigenvalue weighted by Crippen LogP contribution is -2.61. The number of likely N-dealkylation sites (N-methyl/N-ethyl adjacent to an activating group) is 2. The van der Waals surface area contributed by atoms with Crippen LogP contribution in [-0.4, -0.2) is 251 Å². The van der Waals surface area contributed by atoms with Crippen molar-refractivity contribution in [3.8, 4) is 5.75 Å². The highest BCUT2D eigenvalue weighted by Crippen LogP contribution is 2.35. The van der Waals surface area contributed by atoms with E-state index < -0.39 is 176 Å². The highest BCUT2D eigenvalue weighted by Gasteiger charge is 2.49. The van der Waals surface area contributed by atoms with Crippen LogP contribution >= 0.6 is 0 Å². The molecular weight excluding hydrogens is 1330 g/mol. The van der Waals surface area contributed by atoms with E-state index in [0.29, 0.717) is 55.7 Å². The molecule has 17 atom stereocenters. The second-order valence-electron chi connectivity index (χ2n) is 27.2. The Morgan fingerprint density at radius 3 is 2.04 bits per heavy atom. The van der Waals surface area contributed by atoms with Gasteiger partial charge in [0.1, 0.15) is 60.6 Å². The SMILES string of the molecule is CCC(C)C(C(CC(=O)N1CCCC1C(OC)C(C)C(=O)CC(C)C(O)c1ccccc1)OC)N(C)C(=O)C(NC(=O)C(C(C)C)N(C)C(=O)OCc1ccc(OC2OC(C(=O)O)C(O)[C@H](O)[C@@H]2O)c(NC(=O)CCNC(=O)C(CCCCNC)NC(=O)C(CN)N2C(=O)C=CC2=O)c1)C(C)C. The van der Waals surface area contributed by atoms with Crippen LogP contribution in [0, 0.1) is 29.6 Å². The quantitative estimate of drug-likeness (QED) is 0.0333. The zero-order valence-corrected chi connectivity index (χ0v) is 60.8. The van der Waals surface area contributed by atoms with Crippen molar-refractivity contribution in [2.45, 2.75) is 205 Å². The first-order chi connectivity index (χ1) is 48.3. The molecule has 31 nitrogen and oxygen atoms in total. The van der Waals surface area contributed by atoms with Gasteiger partial charge in [-0.25, -0.2) is 9.59 Å². The molecule has 0 saturated carbocycles. The summed E-state index contributed by atoms with van der Waals surface area (Å²) >= 11 is 0. The van der Waals surface area contributed by atoms with Crippen LogP contribution in [0.2, 0.25) is 0 Å². The predicted molar refractivity (Wildman–Crippen MR) is 371 cm³/mol. The maximum Gasteiger partial charge on any atom is 0.410 e. The maximum atomic E-state index is 14.9. The number of hydrogen-bond donors (Lipinski definition) is 11. The van der Waals surface area contributed by atoms with Gasteiger partial charge in [0, 0.05) is 78.9 Å². The number of ketones is 1. The van der Waals surface area contributed by atoms with Gasteiger partial charge in [-0.1, -0.05) is 98.2 Å². The smallest absolute Gasteiger partial charge is 0.410 e. The van der Waals surface area contributed by atoms with E-state index >= 15 is 0 Å². The number of carbonyl (C=O) groups is 11. The van der Waals surface area contributed by atoms with Gasteiger partial charge in [0.05, 0.1) is 42.5 Å². The number of imide groups is 1. The molecule has 3 aliphatic heterocycles. The third-order valence-corrected chi connectivity index (χ3v) is 19.3. The molecule has 3 aliphatic rings. The van der Waals surface area contributed by atoms with Crippen LogP contribution in [0.5, 0.6) is 5.75 Å². The number of aliphatic carboxylic acids is 1. The molecule has 15 unspecified atom stereocenters. The van der Waals surface area contributed by atoms with Gasteiger partial charge >= 0.3 is 12.1 Å². The molecule has 2 aromatic carbocycles. The highest BCUT2D eigenvalue weighted by atomic mass is 16.7. The number of nitrogens with two attached hydrogens (primary N) is 1. The van der Waals surface area contributed by atoms with Crippen molar-refractivity contribution in [1.82, 2.24) is 40.9 Å². The van der Waals surface area contributed by atoms with E-state index in [1.165, 1.54) is 44.4 Å². The van der Waals surface area contributed by atoms with Crippen molar-refractivity contribution in [2.24, 2.45) is 35.3 Å². The molecule has 0 aromatic heterocycles. The van der Waals surface area contributed by atoms with Crippen LogP contribution in [0.3, 0.4) is 0 Å². The van der Waals surface area contributed by atoms with Gasteiger partial charge < -0.3 is 91.3 Å². The first kappa shape index (κ1) is 84.6. The Balaban J connectivity index is 1.29. The van der Waals surface area contributed by atoms with Crippen LogP contribution in [-0.2, 0) is 73.5 Å². The normalized spacial score (nSPS) is 21.5. The van der Waals surface area contributed by atoms with Gasteiger partial charge in [0.2, 0.25) is 41.7 Å². The molecule has 9 amide bonds. The number of amides is 9. The largest absolute Gasteiger partial charge is 0.479 e. The summed E-state index contributed by atoms with van der Waals surface area (Å²) in [6.45, 7) is 14.1. The van der Waals surface area contributed by atoms with Crippen molar-refractivity contribution in [1.29, 1.82) is 0 Å². The monoisotopic (exact) mass is 1440 g/mol. The summed E-state index contributed by atoms with van der Waals surface area (Å²) in [6, 6.07) is 6.89. The van der Waals surface area contributed by atoms with Crippen molar-refractivity contribution in [3.63, 3.8) is 0 Å². The Hall–Kier alpha value is -8.01. The fraction of sp³-hybridized carbons (Fsp3) is 0.648. The molecule has 2 fully saturated rings. The number of hydrogen-bond acceptors (Lipinski definition) is 22. The summed E-state index contributed by atoms with van der Waals surface area (Å²) in [6.07, 6.45) is -9.00. The van der Waals surface area contributed by atoms with E-state index in [1.54, 1.807) is 53.6 Å². The zero-order chi connectivity index (χ0) is 76.0. The molecule has 2 saturated heterocycles. The fourth-order valence-electron chi connectivity index (χ4n) is 13.2. The fourth-order valence-corrected chi connectivity index (χ4v) is 13.2. The third kappa shape index (κ3) is 22.3. The second-order valence-corrected chi connectivity index (χ2v) is 27.2. The van der Waals surface area contributed by atoms with Crippen LogP contribution in [0.4, 0.5) is 10.5 Å². The number of ether oxygens (including phenoxy) is 5. The van der Waals surface area contributed by atoms with Gasteiger partial charge in [0.25, 0.3) is 11.8 Å². The number of carboxylic acid groups (broad SMARTS) is 1. The minimum atomic E-state index is -2.07. The van der Waals surface area contributed by atoms with Crippen molar-refractivity contribution < 1.29 is 102 Å². The van der Waals surface area contributed by atoms with E-state index in [0.717, 1.165) is 17.1 Å². The Kier molecular flexibility index (Phi) is 33.3. The predicted octanol–water partition coefficient (Wildman–Crippen LogP) is 1.51. The summed E-state index contributed by atoms with van der Waals surface area (Å²) in [5.41, 5.74) is 6.52. The zero-order valence-electron chi connectivity index (χ0n) is 60.8. The van der Waals surface area contributed by atoms with E-state index in [4.69, 9.17) is 29.4 Å². The lowest BCUT2D eigenvalue weighted by molar-refractivity contribution is -0.271. The van der Waals surface area contributed by atoms with Crippen molar-refractivity contribution >= 4 is 70.8 Å². The number of unbranched alkanes of at least 4 members (excludes halogenated alkanes) is 1. The van der Waals surface area contributed by atoms with E-state index in [9.17, 15) is 78.3 Å². The number of rotatable bonds is 40. The molecule has 568 valence electrons. The molecule has 0 aliphatic carbocycles. The van der Waals surface area contributed by atoms with Gasteiger partial charge in [0.15, 0.2) is 6.10 Å². The van der Waals surface area contributed by atoms with Gasteiger partial charge in [-0.05, 0) is 92.6 Å². The van der Waals surface area contributed by atoms with Crippen LogP contribution in [0.25, 0.3) is 0 Å². The molecule has 102 heavy (non-hydrogen) atoms. The van der Waals surface area contributed by atoms with E-state index in [1.807, 2.05) is 51.1 Å². The van der Waals surface area contributed by atoms with Crippen molar-refractivity contribution in [2.75, 3.05) is 66.9 Å². The summed E-state index contributed by atoms with van der Waals surface area (Å²) in [4.78, 5) is 155. The summed E-state index contributed by atoms with van der Waals surface area (Å²) in [7, 11) is 7.66. The number of benzene rings is 2. The van der Waals surface area contributed by atoms with Gasteiger partial charge in [-0.3, -0.25) is 53.0 Å². The molecule has 0 spiro atoms. The number of nitrogens with one attached hydrogen (secondary N) is 5. The van der Waals surface area contributed by atoms with Crippen molar-refractivity contribution in [3.05, 3.63) is 71.8 Å². The average molecular weight is 1440 g/mol. The Morgan fingerprint density at radius 1 is 0.784 bits per heavy atom. The molecule has 12 N–H and O–H groups in total. The second kappa shape index (κ2) is 40.2. The lowest BCUT2D eigenvalue weighted by atomic mass is 9.85. The van der Waals surface area contributed by atoms with E-state index in [2.05, 4.69) is 26.6 Å². The average Bonchev–Trinajstić information content (AvgIpc) is 1.15. The topological polar surface area (TPSA) is 434 Å². The Morgan fingerprint density at radius 2 is 1.45 bits per heavy atom. The van der Waals surface area contributed by atoms with Crippen LogP contribution in [0.1, 0.15) is 130 Å². The molecule has 2 aromatic rings. The number of methoxy groups -OCH3 is 2. The van der Waals surface area contributed by atoms with Gasteiger partial charge in [-0.2, -0.15) is 0 Å². The number of likely N-dealkylation sites (tertiary alicyclic amines) is 1. The first-order valence-electron chi connectivity index (χ1n) is 34.9. The third-order valence-electron chi connectivity index (χ3n) is 19.3. The number of Topliss-reactive ketones (excluding diaryl/α,β-unsaturated/α-hetero) is 1. The summed E-state index contributed by atoms with van der Waals surface area (Å²) in [5, 5.41) is 66.2. The Labute approximate surface area is 596 Å². The number of nitrogens with zero attached hydrogens (tertiary/aromatic N) is 4. The van der Waals surface area contributed by atoms with E-state index in [-0.39, 0.29) is 66.3 Å². The standard InChI is InChI=1S/C71H108N10O21/c1-14-40(6)58(51(98-12)35-55(86)80-32-20-24-47(80)63(99-13)42(8)49(82)33-41(7)59(87)44-21-16-15-17-22-44)78(10)68(94)56(38(2)3)77-67(93)57(39(4)5)79(11)71(97)100-37-43-25-26-50(101-70-62(90)60(88)61(89)64(102-70)69(95)96)46(34-43)75-52(83)29-31-74-65(91)45(23-18-19-30-73-9)76-66(92)48(36-72)81-53(84)27-28-54(81)85/h15-17,21-22,25-28,34,38-42,45,47-48,51,56-64,70,73,87-90H,14,18-20,23-24,29-33,35-37,72H2,1-13H3,(H,74,91)(H,75,83)(H,76,92)(H,77,93)(H,95,96)/t40?,41?,42?,45?,47?,48?,51?,56?,57?,58?,59?,60-,61?,62-,63?,64?,70?/m0/s1. The maximum absolute atomic E-state index is 14.9. The number of carbonyl (C=O) groups excluding carboxylic acids is 10. The van der Waals surface area contributed by atoms with Crippen LogP contribution < -0.4 is 37.1 Å². The number of aliphatic hydroxyl groups excluding tert-OH is 4. The lowest BCUT2D eigenvalue weighted by Gasteiger charge is -2.41. The molecule has 0 radical (unpaired) electrons. The highest BCUT2D eigenvalue weighted by molar-refractivity contribution is 6.15. The minimum absolute atomic E-state index is 0.0932. The number of carboxylic acids is 1. The number of anilines is 1. The first-order valence-corrected chi connectivity index (χ1v) is 34.9. The molecule has 5 rings (SSSR count). The summed E-state index contributed by atoms with van der Waals surface area (Å²) < 4.78 is 29.0. The molecule has 0 bridgehead atoms. The molecule has 31 heteroatoms. The molecule has 3 heterocycles. The Bertz CT molecular complexity index is 3200. The van der Waals surface area contributed by atoms with Crippen LogP contribution in [0.15, 0.2) is 60.7 Å². The summed E-state index contributed by atoms with van der Waals surface area (Å²) in [5.74, 6) is -9.70.